The van der Waals surface area contributed by atoms with Crippen molar-refractivity contribution in [2.75, 3.05) is 17.3 Å². The van der Waals surface area contributed by atoms with E-state index in [1.165, 1.54) is 0 Å². The fourth-order valence-electron chi connectivity index (χ4n) is 4.56. The molecule has 0 spiro atoms. The van der Waals surface area contributed by atoms with Crippen LogP contribution in [-0.4, -0.2) is 27.7 Å². The Balaban J connectivity index is 1.62. The van der Waals surface area contributed by atoms with E-state index in [4.69, 9.17) is 17.0 Å². The summed E-state index contributed by atoms with van der Waals surface area (Å²) in [6.07, 6.45) is 4.24. The van der Waals surface area contributed by atoms with Crippen LogP contribution < -0.4 is 20.3 Å². The molecule has 1 fully saturated rings. The molecule has 182 valence electrons. The third-order valence-corrected chi connectivity index (χ3v) is 6.59. The largest absolute Gasteiger partial charge is 0.494 e. The summed E-state index contributed by atoms with van der Waals surface area (Å²) in [5, 5.41) is 6.99. The molecule has 7 nitrogen and oxygen atoms in total. The van der Waals surface area contributed by atoms with Crippen molar-refractivity contribution in [1.82, 2.24) is 14.9 Å². The molecule has 0 aliphatic carbocycles. The number of para-hydroxylation sites is 1. The number of amides is 1. The van der Waals surface area contributed by atoms with E-state index in [0.717, 1.165) is 22.8 Å². The zero-order valence-electron chi connectivity index (χ0n) is 20.1. The topological polar surface area (TPSA) is 71.4 Å². The second-order valence-electron chi connectivity index (χ2n) is 8.42. The highest BCUT2D eigenvalue weighted by atomic mass is 32.1. The van der Waals surface area contributed by atoms with Gasteiger partial charge in [-0.3, -0.25) is 9.78 Å². The molecule has 1 amide bonds. The SMILES string of the molecule is CCC(=O)Nc1ccc(N2C(=S)NC(c3ccccn3)C2c2cccn2-c2ccccc2)cc1OC. The summed E-state index contributed by atoms with van der Waals surface area (Å²) in [7, 11) is 1.59. The van der Waals surface area contributed by atoms with Crippen molar-refractivity contribution in [1.29, 1.82) is 0 Å². The van der Waals surface area contributed by atoms with Crippen LogP contribution in [0.1, 0.15) is 36.8 Å². The van der Waals surface area contributed by atoms with E-state index in [0.29, 0.717) is 23.0 Å². The molecule has 1 aliphatic heterocycles. The smallest absolute Gasteiger partial charge is 0.224 e. The minimum Gasteiger partial charge on any atom is -0.494 e. The Hall–Kier alpha value is -4.17. The molecular formula is C28H27N5O2S. The molecule has 2 atom stereocenters. The summed E-state index contributed by atoms with van der Waals surface area (Å²) in [4.78, 5) is 18.7. The van der Waals surface area contributed by atoms with Crippen LogP contribution in [0.2, 0.25) is 0 Å². The zero-order chi connectivity index (χ0) is 25.1. The van der Waals surface area contributed by atoms with Crippen LogP contribution in [0.3, 0.4) is 0 Å². The van der Waals surface area contributed by atoms with Gasteiger partial charge >= 0.3 is 0 Å². The quantitative estimate of drug-likeness (QED) is 0.333. The molecule has 2 unspecified atom stereocenters. The average molecular weight is 498 g/mol. The maximum atomic E-state index is 12.0. The Labute approximate surface area is 215 Å². The number of hydrogen-bond donors (Lipinski definition) is 2. The van der Waals surface area contributed by atoms with Crippen molar-refractivity contribution < 1.29 is 9.53 Å². The molecular weight excluding hydrogens is 470 g/mol. The van der Waals surface area contributed by atoms with Gasteiger partial charge in [-0.2, -0.15) is 0 Å². The van der Waals surface area contributed by atoms with E-state index in [1.54, 1.807) is 13.3 Å². The molecule has 5 rings (SSSR count). The van der Waals surface area contributed by atoms with E-state index < -0.39 is 0 Å². The first kappa shape index (κ1) is 23.6. The molecule has 3 heterocycles. The molecule has 1 aliphatic rings. The van der Waals surface area contributed by atoms with Crippen molar-refractivity contribution in [2.45, 2.75) is 25.4 Å². The molecule has 2 aromatic carbocycles. The van der Waals surface area contributed by atoms with Crippen LogP contribution in [0, 0.1) is 0 Å². The summed E-state index contributed by atoms with van der Waals surface area (Å²) in [6.45, 7) is 1.81. The van der Waals surface area contributed by atoms with Gasteiger partial charge in [0.05, 0.1) is 24.5 Å². The molecule has 0 bridgehead atoms. The highest BCUT2D eigenvalue weighted by molar-refractivity contribution is 7.80. The molecule has 36 heavy (non-hydrogen) atoms. The molecule has 1 saturated heterocycles. The Bertz CT molecular complexity index is 1370. The Morgan fingerprint density at radius 3 is 2.58 bits per heavy atom. The summed E-state index contributed by atoms with van der Waals surface area (Å²) in [5.74, 6) is 0.490. The predicted molar refractivity (Wildman–Crippen MR) is 146 cm³/mol. The van der Waals surface area contributed by atoms with Gasteiger partial charge in [-0.1, -0.05) is 31.2 Å². The summed E-state index contributed by atoms with van der Waals surface area (Å²) < 4.78 is 7.81. The average Bonchev–Trinajstić information content (AvgIpc) is 3.54. The molecule has 0 radical (unpaired) electrons. The highest BCUT2D eigenvalue weighted by Gasteiger charge is 2.42. The van der Waals surface area contributed by atoms with Crippen LogP contribution in [0.5, 0.6) is 5.75 Å². The summed E-state index contributed by atoms with van der Waals surface area (Å²) in [5.41, 5.74) is 4.49. The maximum absolute atomic E-state index is 12.0. The van der Waals surface area contributed by atoms with Gasteiger partial charge in [-0.05, 0) is 60.7 Å². The van der Waals surface area contributed by atoms with Gasteiger partial charge in [0.2, 0.25) is 5.91 Å². The van der Waals surface area contributed by atoms with Crippen molar-refractivity contribution in [3.63, 3.8) is 0 Å². The van der Waals surface area contributed by atoms with Crippen LogP contribution in [0.25, 0.3) is 5.69 Å². The lowest BCUT2D eigenvalue weighted by Gasteiger charge is -2.29. The van der Waals surface area contributed by atoms with E-state index in [9.17, 15) is 4.79 Å². The number of methoxy groups -OCH3 is 1. The van der Waals surface area contributed by atoms with Crippen molar-refractivity contribution in [3.05, 3.63) is 103 Å². The normalized spacial score (nSPS) is 17.1. The van der Waals surface area contributed by atoms with Crippen LogP contribution in [0.4, 0.5) is 11.4 Å². The standard InChI is InChI=1S/C28H27N5O2S/c1-3-25(34)30-21-15-14-20(18-24(21)35-2)33-27(26(31-28(33)36)22-12-7-8-16-29-22)23-13-9-17-32(23)19-10-5-4-6-11-19/h4-18,26-27H,3H2,1-2H3,(H,30,34)(H,31,36). The number of hydrogen-bond acceptors (Lipinski definition) is 4. The second kappa shape index (κ2) is 10.2. The second-order valence-corrected chi connectivity index (χ2v) is 8.81. The minimum absolute atomic E-state index is 0.0757. The van der Waals surface area contributed by atoms with Crippen molar-refractivity contribution in [2.24, 2.45) is 0 Å². The van der Waals surface area contributed by atoms with Gasteiger partial charge in [-0.15, -0.1) is 0 Å². The Kier molecular flexibility index (Phi) is 6.69. The zero-order valence-corrected chi connectivity index (χ0v) is 20.9. The molecule has 4 aromatic rings. The molecule has 8 heteroatoms. The Morgan fingerprint density at radius 2 is 1.86 bits per heavy atom. The maximum Gasteiger partial charge on any atom is 0.224 e. The number of carbonyl (C=O) groups excluding carboxylic acids is 1. The number of benzene rings is 2. The first-order chi connectivity index (χ1) is 17.6. The lowest BCUT2D eigenvalue weighted by Crippen LogP contribution is -2.30. The van der Waals surface area contributed by atoms with E-state index in [1.807, 2.05) is 67.6 Å². The van der Waals surface area contributed by atoms with Crippen molar-refractivity contribution >= 4 is 34.6 Å². The van der Waals surface area contributed by atoms with E-state index in [-0.39, 0.29) is 18.0 Å². The van der Waals surface area contributed by atoms with Gasteiger partial charge < -0.3 is 24.8 Å². The molecule has 0 saturated carbocycles. The highest BCUT2D eigenvalue weighted by Crippen LogP contribution is 2.43. The van der Waals surface area contributed by atoms with Gasteiger partial charge in [0, 0.05) is 41.9 Å². The minimum atomic E-state index is -0.191. The number of nitrogens with one attached hydrogen (secondary N) is 2. The third kappa shape index (κ3) is 4.43. The van der Waals surface area contributed by atoms with E-state index >= 15 is 0 Å². The van der Waals surface area contributed by atoms with Crippen LogP contribution >= 0.6 is 12.2 Å². The molecule has 2 N–H and O–H groups in total. The summed E-state index contributed by atoms with van der Waals surface area (Å²) in [6, 6.07) is 25.6. The van der Waals surface area contributed by atoms with Gasteiger partial charge in [0.25, 0.3) is 0 Å². The van der Waals surface area contributed by atoms with Crippen molar-refractivity contribution in [3.8, 4) is 11.4 Å². The summed E-state index contributed by atoms with van der Waals surface area (Å²) >= 11 is 5.88. The van der Waals surface area contributed by atoms with Crippen LogP contribution in [-0.2, 0) is 4.79 Å². The lowest BCUT2D eigenvalue weighted by atomic mass is 10.0. The first-order valence-electron chi connectivity index (χ1n) is 11.8. The van der Waals surface area contributed by atoms with E-state index in [2.05, 4.69) is 49.5 Å². The number of anilines is 2. The number of ether oxygens (including phenoxy) is 1. The fourth-order valence-corrected chi connectivity index (χ4v) is 4.91. The number of nitrogens with zero attached hydrogens (tertiary/aromatic N) is 3. The van der Waals surface area contributed by atoms with Crippen LogP contribution in [0.15, 0.2) is 91.3 Å². The third-order valence-electron chi connectivity index (χ3n) is 6.27. The number of aromatic nitrogens is 2. The van der Waals surface area contributed by atoms with Gasteiger partial charge in [0.15, 0.2) is 5.11 Å². The fraction of sp³-hybridized carbons (Fsp3) is 0.179. The number of pyridine rings is 1. The predicted octanol–water partition coefficient (Wildman–Crippen LogP) is 5.41. The Morgan fingerprint density at radius 1 is 1.06 bits per heavy atom. The number of carbonyl (C=O) groups is 1. The monoisotopic (exact) mass is 497 g/mol. The van der Waals surface area contributed by atoms with Gasteiger partial charge in [-0.25, -0.2) is 0 Å². The number of rotatable bonds is 7. The lowest BCUT2D eigenvalue weighted by molar-refractivity contribution is -0.115. The molecule has 2 aromatic heterocycles. The number of thiocarbonyl (C=S) groups is 1. The first-order valence-corrected chi connectivity index (χ1v) is 12.2. The van der Waals surface area contributed by atoms with Gasteiger partial charge in [0.1, 0.15) is 11.8 Å².